The van der Waals surface area contributed by atoms with E-state index in [1.807, 2.05) is 24.3 Å². The molecule has 0 aliphatic carbocycles. The molecule has 152 valence electrons. The second-order valence-corrected chi connectivity index (χ2v) is 9.58. The van der Waals surface area contributed by atoms with Gasteiger partial charge >= 0.3 is 0 Å². The fourth-order valence-corrected chi connectivity index (χ4v) is 4.41. The summed E-state index contributed by atoms with van der Waals surface area (Å²) in [7, 11) is -3.71. The maximum atomic E-state index is 13.4. The molecular weight excluding hydrogens is 423 g/mol. The molecule has 1 N–H and O–H groups in total. The number of nitrogens with zero attached hydrogens (tertiary/aromatic N) is 1. The van der Waals surface area contributed by atoms with Crippen molar-refractivity contribution in [2.45, 2.75) is 12.2 Å². The highest BCUT2D eigenvalue weighted by atomic mass is 35.5. The fourth-order valence-electron chi connectivity index (χ4n) is 2.44. The van der Waals surface area contributed by atoms with Gasteiger partial charge in [-0.25, -0.2) is 12.8 Å². The number of amides is 1. The number of hydrogen-bond donors (Lipinski definition) is 1. The smallest absolute Gasteiger partial charge is 0.240 e. The standard InChI is InChI=1S/C19H22ClFN2O3S2/c1-28(25,26)23(18-8-3-7-17(21)12-18)13-19(24)22-9-4-10-27-14-15-5-2-6-16(20)11-15/h2-3,5-8,11-12H,4,9-10,13-14H2,1H3,(H,22,24). The third-order valence-corrected chi connectivity index (χ3v) is 6.22. The Labute approximate surface area is 174 Å². The summed E-state index contributed by atoms with van der Waals surface area (Å²) in [5, 5.41) is 3.41. The Morgan fingerprint density at radius 3 is 2.64 bits per heavy atom. The Morgan fingerprint density at radius 2 is 1.96 bits per heavy atom. The van der Waals surface area contributed by atoms with E-state index < -0.39 is 28.3 Å². The summed E-state index contributed by atoms with van der Waals surface area (Å²) >= 11 is 7.67. The van der Waals surface area contributed by atoms with E-state index in [-0.39, 0.29) is 5.69 Å². The fraction of sp³-hybridized carbons (Fsp3) is 0.316. The van der Waals surface area contributed by atoms with E-state index in [1.54, 1.807) is 11.8 Å². The van der Waals surface area contributed by atoms with E-state index in [0.717, 1.165) is 40.1 Å². The summed E-state index contributed by atoms with van der Waals surface area (Å²) in [6, 6.07) is 12.8. The molecule has 0 saturated carbocycles. The van der Waals surface area contributed by atoms with Gasteiger partial charge in [-0.2, -0.15) is 11.8 Å². The summed E-state index contributed by atoms with van der Waals surface area (Å²) in [6.07, 6.45) is 1.73. The SMILES string of the molecule is CS(=O)(=O)N(CC(=O)NCCCSCc1cccc(Cl)c1)c1cccc(F)c1. The zero-order valence-corrected chi connectivity index (χ0v) is 17.8. The monoisotopic (exact) mass is 444 g/mol. The van der Waals surface area contributed by atoms with E-state index in [4.69, 9.17) is 11.6 Å². The first-order chi connectivity index (χ1) is 13.3. The molecule has 1 amide bonds. The van der Waals surface area contributed by atoms with Gasteiger partial charge in [-0.15, -0.1) is 0 Å². The second-order valence-electron chi connectivity index (χ2n) is 6.14. The quantitative estimate of drug-likeness (QED) is 0.567. The van der Waals surface area contributed by atoms with Crippen LogP contribution < -0.4 is 9.62 Å². The number of benzene rings is 2. The Hall–Kier alpha value is -1.77. The molecule has 2 rings (SSSR count). The van der Waals surface area contributed by atoms with Crippen LogP contribution in [0.5, 0.6) is 0 Å². The molecule has 0 atom stereocenters. The molecule has 0 aliphatic rings. The van der Waals surface area contributed by atoms with Crippen molar-refractivity contribution in [1.82, 2.24) is 5.32 Å². The molecule has 28 heavy (non-hydrogen) atoms. The van der Waals surface area contributed by atoms with Gasteiger partial charge in [-0.1, -0.05) is 29.8 Å². The van der Waals surface area contributed by atoms with Crippen LogP contribution in [0.2, 0.25) is 5.02 Å². The number of carbonyl (C=O) groups is 1. The van der Waals surface area contributed by atoms with E-state index in [2.05, 4.69) is 5.32 Å². The summed E-state index contributed by atoms with van der Waals surface area (Å²) in [5.41, 5.74) is 1.26. The lowest BCUT2D eigenvalue weighted by atomic mass is 10.2. The lowest BCUT2D eigenvalue weighted by Gasteiger charge is -2.21. The molecule has 2 aromatic carbocycles. The van der Waals surface area contributed by atoms with Crippen molar-refractivity contribution in [3.8, 4) is 0 Å². The topological polar surface area (TPSA) is 66.5 Å². The highest BCUT2D eigenvalue weighted by Gasteiger charge is 2.21. The first-order valence-corrected chi connectivity index (χ1v) is 12.0. The van der Waals surface area contributed by atoms with Crippen molar-refractivity contribution in [3.63, 3.8) is 0 Å². The van der Waals surface area contributed by atoms with Crippen LogP contribution in [0.15, 0.2) is 48.5 Å². The van der Waals surface area contributed by atoms with Crippen molar-refractivity contribution < 1.29 is 17.6 Å². The number of halogens is 2. The van der Waals surface area contributed by atoms with E-state index >= 15 is 0 Å². The summed E-state index contributed by atoms with van der Waals surface area (Å²) in [6.45, 7) is 0.0417. The zero-order chi connectivity index (χ0) is 20.6. The van der Waals surface area contributed by atoms with Gasteiger partial charge in [0.15, 0.2) is 0 Å². The summed E-state index contributed by atoms with van der Waals surface area (Å²) in [4.78, 5) is 12.1. The highest BCUT2D eigenvalue weighted by molar-refractivity contribution is 7.98. The van der Waals surface area contributed by atoms with Crippen molar-refractivity contribution in [2.75, 3.05) is 29.4 Å². The van der Waals surface area contributed by atoms with E-state index in [1.165, 1.54) is 18.2 Å². The number of carbonyl (C=O) groups excluding carboxylic acids is 1. The normalized spacial score (nSPS) is 11.2. The number of anilines is 1. The molecule has 0 radical (unpaired) electrons. The molecule has 0 spiro atoms. The maximum absolute atomic E-state index is 13.4. The van der Waals surface area contributed by atoms with Crippen LogP contribution in [0.3, 0.4) is 0 Å². The number of thioether (sulfide) groups is 1. The summed E-state index contributed by atoms with van der Waals surface area (Å²) in [5.74, 6) is 0.667. The van der Waals surface area contributed by atoms with Crippen LogP contribution in [0.1, 0.15) is 12.0 Å². The molecule has 0 fully saturated rings. The van der Waals surface area contributed by atoms with Crippen LogP contribution in [0.4, 0.5) is 10.1 Å². The average Bonchev–Trinajstić information content (AvgIpc) is 2.61. The zero-order valence-electron chi connectivity index (χ0n) is 15.4. The van der Waals surface area contributed by atoms with Crippen LogP contribution in [0.25, 0.3) is 0 Å². The predicted molar refractivity (Wildman–Crippen MR) is 114 cm³/mol. The van der Waals surface area contributed by atoms with Crippen molar-refractivity contribution >= 4 is 45.0 Å². The minimum absolute atomic E-state index is 0.120. The molecule has 0 unspecified atom stereocenters. The highest BCUT2D eigenvalue weighted by Crippen LogP contribution is 2.19. The Balaban J connectivity index is 1.75. The van der Waals surface area contributed by atoms with Crippen molar-refractivity contribution in [1.29, 1.82) is 0 Å². The number of nitrogens with one attached hydrogen (secondary N) is 1. The Morgan fingerprint density at radius 1 is 1.21 bits per heavy atom. The van der Waals surface area contributed by atoms with E-state index in [0.29, 0.717) is 11.6 Å². The van der Waals surface area contributed by atoms with Crippen LogP contribution in [-0.2, 0) is 20.6 Å². The molecule has 9 heteroatoms. The molecule has 0 bridgehead atoms. The van der Waals surface area contributed by atoms with Gasteiger partial charge in [0.25, 0.3) is 0 Å². The van der Waals surface area contributed by atoms with Gasteiger partial charge in [0.2, 0.25) is 15.9 Å². The van der Waals surface area contributed by atoms with Gasteiger partial charge in [0.05, 0.1) is 11.9 Å². The number of sulfonamides is 1. The van der Waals surface area contributed by atoms with Crippen molar-refractivity contribution in [3.05, 3.63) is 64.9 Å². The Bertz CT molecular complexity index is 910. The molecule has 0 heterocycles. The van der Waals surface area contributed by atoms with E-state index in [9.17, 15) is 17.6 Å². The second kappa shape index (κ2) is 10.7. The summed E-state index contributed by atoms with van der Waals surface area (Å²) < 4.78 is 38.2. The van der Waals surface area contributed by atoms with Crippen LogP contribution >= 0.6 is 23.4 Å². The van der Waals surface area contributed by atoms with Crippen LogP contribution in [0, 0.1) is 5.82 Å². The minimum atomic E-state index is -3.71. The Kier molecular flexibility index (Phi) is 8.59. The number of rotatable bonds is 10. The average molecular weight is 445 g/mol. The molecule has 0 saturated heterocycles. The third kappa shape index (κ3) is 7.69. The maximum Gasteiger partial charge on any atom is 0.240 e. The molecular formula is C19H22ClFN2O3S2. The van der Waals surface area contributed by atoms with Gasteiger partial charge in [0.1, 0.15) is 12.4 Å². The van der Waals surface area contributed by atoms with Gasteiger partial charge < -0.3 is 5.32 Å². The van der Waals surface area contributed by atoms with Gasteiger partial charge in [0, 0.05) is 17.3 Å². The lowest BCUT2D eigenvalue weighted by Crippen LogP contribution is -2.40. The molecule has 2 aromatic rings. The predicted octanol–water partition coefficient (Wildman–Crippen LogP) is 3.68. The van der Waals surface area contributed by atoms with Crippen molar-refractivity contribution in [2.24, 2.45) is 0 Å². The molecule has 5 nitrogen and oxygen atoms in total. The molecule has 0 aliphatic heterocycles. The number of hydrogen-bond acceptors (Lipinski definition) is 4. The lowest BCUT2D eigenvalue weighted by molar-refractivity contribution is -0.119. The molecule has 0 aromatic heterocycles. The van der Waals surface area contributed by atoms with Crippen LogP contribution in [-0.4, -0.2) is 39.4 Å². The largest absolute Gasteiger partial charge is 0.354 e. The first-order valence-electron chi connectivity index (χ1n) is 8.58. The third-order valence-electron chi connectivity index (χ3n) is 3.73. The minimum Gasteiger partial charge on any atom is -0.354 e. The van der Waals surface area contributed by atoms with Gasteiger partial charge in [-0.05, 0) is 48.1 Å². The first kappa shape index (κ1) is 22.5. The van der Waals surface area contributed by atoms with Gasteiger partial charge in [-0.3, -0.25) is 9.10 Å².